The lowest BCUT2D eigenvalue weighted by Crippen LogP contribution is -2.36. The fraction of sp³-hybridized carbons (Fsp3) is 0.125. The molecule has 1 N–H and O–H groups in total. The van der Waals surface area contributed by atoms with E-state index in [4.69, 9.17) is 4.42 Å². The molecule has 0 radical (unpaired) electrons. The van der Waals surface area contributed by atoms with E-state index in [0.717, 1.165) is 22.2 Å². The van der Waals surface area contributed by atoms with Crippen molar-refractivity contribution in [3.63, 3.8) is 0 Å². The molecule has 1 aliphatic heterocycles. The largest absolute Gasteiger partial charge is 0.457 e. The maximum absolute atomic E-state index is 12.7. The summed E-state index contributed by atoms with van der Waals surface area (Å²) in [6.45, 7) is 3.22. The lowest BCUT2D eigenvalue weighted by atomic mass is 10.1. The van der Waals surface area contributed by atoms with E-state index in [2.05, 4.69) is 5.32 Å². The van der Waals surface area contributed by atoms with Crippen LogP contribution >= 0.6 is 11.8 Å². The van der Waals surface area contributed by atoms with Crippen molar-refractivity contribution in [3.8, 4) is 11.3 Å². The smallest absolute Gasteiger partial charge is 0.294 e. The van der Waals surface area contributed by atoms with Gasteiger partial charge in [0.15, 0.2) is 0 Å². The Morgan fingerprint density at radius 2 is 1.94 bits per heavy atom. The van der Waals surface area contributed by atoms with Crippen LogP contribution in [0, 0.1) is 24.0 Å². The molecule has 0 unspecified atom stereocenters. The monoisotopic (exact) mass is 477 g/mol. The van der Waals surface area contributed by atoms with Gasteiger partial charge in [0.2, 0.25) is 5.91 Å². The highest BCUT2D eigenvalue weighted by atomic mass is 32.2. The van der Waals surface area contributed by atoms with E-state index in [1.807, 2.05) is 13.0 Å². The van der Waals surface area contributed by atoms with Crippen molar-refractivity contribution in [2.24, 2.45) is 0 Å². The number of imide groups is 1. The number of aryl methyl sites for hydroxylation is 2. The van der Waals surface area contributed by atoms with Crippen molar-refractivity contribution in [2.45, 2.75) is 13.8 Å². The summed E-state index contributed by atoms with van der Waals surface area (Å²) in [5.74, 6) is -0.264. The quantitative estimate of drug-likeness (QED) is 0.296. The topological polar surface area (TPSA) is 123 Å². The van der Waals surface area contributed by atoms with E-state index in [0.29, 0.717) is 28.3 Å². The summed E-state index contributed by atoms with van der Waals surface area (Å²) in [6.07, 6.45) is 1.44. The summed E-state index contributed by atoms with van der Waals surface area (Å²) in [5.41, 5.74) is 2.86. The van der Waals surface area contributed by atoms with Gasteiger partial charge in [0.1, 0.15) is 18.1 Å². The Bertz CT molecular complexity index is 1360. The molecule has 1 saturated heterocycles. The molecule has 3 amide bonds. The lowest BCUT2D eigenvalue weighted by molar-refractivity contribution is -0.384. The average Bonchev–Trinajstić information content (AvgIpc) is 3.34. The Balaban J connectivity index is 1.47. The van der Waals surface area contributed by atoms with Gasteiger partial charge < -0.3 is 9.73 Å². The van der Waals surface area contributed by atoms with Gasteiger partial charge in [0, 0.05) is 29.5 Å². The van der Waals surface area contributed by atoms with Crippen LogP contribution in [0.25, 0.3) is 17.4 Å². The Kier molecular flexibility index (Phi) is 6.33. The zero-order chi connectivity index (χ0) is 24.4. The fourth-order valence-electron chi connectivity index (χ4n) is 3.45. The zero-order valence-corrected chi connectivity index (χ0v) is 19.0. The number of nitrogens with zero attached hydrogens (tertiary/aromatic N) is 2. The second-order valence-electron chi connectivity index (χ2n) is 7.64. The van der Waals surface area contributed by atoms with Crippen molar-refractivity contribution in [1.82, 2.24) is 4.90 Å². The van der Waals surface area contributed by atoms with E-state index in [9.17, 15) is 24.5 Å². The third kappa shape index (κ3) is 4.91. The molecule has 4 rings (SSSR count). The molecule has 2 heterocycles. The van der Waals surface area contributed by atoms with Gasteiger partial charge in [0.25, 0.3) is 16.8 Å². The molecule has 0 saturated carbocycles. The molecule has 1 aromatic heterocycles. The minimum atomic E-state index is -0.584. The van der Waals surface area contributed by atoms with Gasteiger partial charge in [-0.3, -0.25) is 29.4 Å². The standard InChI is InChI=1S/C24H19N3O6S/c1-14-4-3-5-16(10-14)25-22(28)13-26-23(29)21(34-24(26)30)12-18-7-9-20(33-18)19-8-6-17(27(31)32)11-15(19)2/h3-12H,13H2,1-2H3,(H,25,28)/b21-12+. The maximum Gasteiger partial charge on any atom is 0.294 e. The number of non-ortho nitro benzene ring substituents is 1. The van der Waals surface area contributed by atoms with Gasteiger partial charge in [0.05, 0.1) is 9.83 Å². The van der Waals surface area contributed by atoms with Gasteiger partial charge in [-0.05, 0) is 67.1 Å². The number of amides is 3. The Morgan fingerprint density at radius 3 is 2.65 bits per heavy atom. The predicted molar refractivity (Wildman–Crippen MR) is 128 cm³/mol. The number of rotatable bonds is 6. The minimum absolute atomic E-state index is 0.0202. The van der Waals surface area contributed by atoms with E-state index in [1.165, 1.54) is 18.2 Å². The molecule has 172 valence electrons. The van der Waals surface area contributed by atoms with E-state index < -0.39 is 28.5 Å². The van der Waals surface area contributed by atoms with Crippen LogP contribution in [0.1, 0.15) is 16.9 Å². The molecular formula is C24H19N3O6S. The highest BCUT2D eigenvalue weighted by Gasteiger charge is 2.36. The summed E-state index contributed by atoms with van der Waals surface area (Å²) >= 11 is 0.724. The van der Waals surface area contributed by atoms with Crippen LogP contribution in [0.3, 0.4) is 0 Å². The average molecular weight is 477 g/mol. The number of carbonyl (C=O) groups is 3. The van der Waals surface area contributed by atoms with Gasteiger partial charge >= 0.3 is 0 Å². The van der Waals surface area contributed by atoms with Gasteiger partial charge in [-0.1, -0.05) is 12.1 Å². The molecule has 1 aliphatic rings. The molecule has 3 aromatic rings. The second-order valence-corrected chi connectivity index (χ2v) is 8.64. The third-order valence-electron chi connectivity index (χ3n) is 5.06. The molecule has 2 aromatic carbocycles. The number of benzene rings is 2. The molecule has 0 spiro atoms. The van der Waals surface area contributed by atoms with E-state index >= 15 is 0 Å². The molecule has 1 fully saturated rings. The fourth-order valence-corrected chi connectivity index (χ4v) is 4.26. The van der Waals surface area contributed by atoms with Crippen LogP contribution in [-0.4, -0.2) is 33.4 Å². The number of carbonyl (C=O) groups excluding carboxylic acids is 3. The normalized spacial score (nSPS) is 14.6. The highest BCUT2D eigenvalue weighted by Crippen LogP contribution is 2.34. The second kappa shape index (κ2) is 9.36. The minimum Gasteiger partial charge on any atom is -0.457 e. The number of nitro benzene ring substituents is 1. The molecule has 0 aliphatic carbocycles. The number of anilines is 1. The van der Waals surface area contributed by atoms with Crippen LogP contribution in [-0.2, 0) is 9.59 Å². The zero-order valence-electron chi connectivity index (χ0n) is 18.2. The van der Waals surface area contributed by atoms with E-state index in [-0.39, 0.29) is 10.6 Å². The molecular weight excluding hydrogens is 458 g/mol. The summed E-state index contributed by atoms with van der Waals surface area (Å²) in [4.78, 5) is 48.9. The maximum atomic E-state index is 12.7. The van der Waals surface area contributed by atoms with E-state index in [1.54, 1.807) is 43.3 Å². The predicted octanol–water partition coefficient (Wildman–Crippen LogP) is 5.15. The third-order valence-corrected chi connectivity index (χ3v) is 5.97. The Hall–Kier alpha value is -4.18. The van der Waals surface area contributed by atoms with Crippen molar-refractivity contribution < 1.29 is 23.7 Å². The SMILES string of the molecule is Cc1cccc(NC(=O)CN2C(=O)S/C(=C/c3ccc(-c4ccc([N+](=O)[O-])cc4C)o3)C2=O)c1. The van der Waals surface area contributed by atoms with Crippen molar-refractivity contribution >= 4 is 46.3 Å². The Morgan fingerprint density at radius 1 is 1.15 bits per heavy atom. The summed E-state index contributed by atoms with van der Waals surface area (Å²) < 4.78 is 5.78. The Labute approximate surface area is 198 Å². The number of hydrogen-bond acceptors (Lipinski definition) is 7. The van der Waals surface area contributed by atoms with Crippen LogP contribution in [0.15, 0.2) is 63.9 Å². The van der Waals surface area contributed by atoms with Crippen LogP contribution in [0.2, 0.25) is 0 Å². The molecule has 0 atom stereocenters. The van der Waals surface area contributed by atoms with Crippen LogP contribution < -0.4 is 5.32 Å². The van der Waals surface area contributed by atoms with Crippen molar-refractivity contribution in [3.05, 3.63) is 86.5 Å². The molecule has 10 heteroatoms. The van der Waals surface area contributed by atoms with Gasteiger partial charge in [-0.15, -0.1) is 0 Å². The first-order valence-electron chi connectivity index (χ1n) is 10.2. The first-order valence-corrected chi connectivity index (χ1v) is 11.0. The van der Waals surface area contributed by atoms with Gasteiger partial charge in [-0.25, -0.2) is 0 Å². The summed E-state index contributed by atoms with van der Waals surface area (Å²) in [6, 6.07) is 14.9. The van der Waals surface area contributed by atoms with Crippen LogP contribution in [0.5, 0.6) is 0 Å². The first-order chi connectivity index (χ1) is 16.2. The van der Waals surface area contributed by atoms with Crippen LogP contribution in [0.4, 0.5) is 16.2 Å². The number of nitrogens with one attached hydrogen (secondary N) is 1. The molecule has 9 nitrogen and oxygen atoms in total. The van der Waals surface area contributed by atoms with Crippen molar-refractivity contribution in [1.29, 1.82) is 0 Å². The summed E-state index contributed by atoms with van der Waals surface area (Å²) in [7, 11) is 0. The lowest BCUT2D eigenvalue weighted by Gasteiger charge is -2.12. The van der Waals surface area contributed by atoms with Gasteiger partial charge in [-0.2, -0.15) is 0 Å². The number of nitro groups is 1. The first kappa shape index (κ1) is 23.0. The highest BCUT2D eigenvalue weighted by molar-refractivity contribution is 8.18. The molecule has 34 heavy (non-hydrogen) atoms. The van der Waals surface area contributed by atoms with Crippen molar-refractivity contribution in [2.75, 3.05) is 11.9 Å². The summed E-state index contributed by atoms with van der Waals surface area (Å²) in [5, 5.41) is 13.1. The molecule has 0 bridgehead atoms. The number of thioether (sulfide) groups is 1. The number of hydrogen-bond donors (Lipinski definition) is 1. The number of furan rings is 1.